The first-order chi connectivity index (χ1) is 8.74. The van der Waals surface area contributed by atoms with Gasteiger partial charge < -0.3 is 9.64 Å². The Balaban J connectivity index is 1.93. The Kier molecular flexibility index (Phi) is 4.64. The van der Waals surface area contributed by atoms with Crippen molar-refractivity contribution in [3.05, 3.63) is 29.8 Å². The number of ether oxygens (including phenoxy) is 1. The summed E-state index contributed by atoms with van der Waals surface area (Å²) in [5.41, 5.74) is 1.16. The lowest BCUT2D eigenvalue weighted by Crippen LogP contribution is -2.27. The van der Waals surface area contributed by atoms with Gasteiger partial charge in [-0.15, -0.1) is 0 Å². The number of alkyl halides is 1. The normalized spacial score (nSPS) is 19.3. The van der Waals surface area contributed by atoms with E-state index < -0.39 is 0 Å². The van der Waals surface area contributed by atoms with E-state index in [4.69, 9.17) is 4.74 Å². The van der Waals surface area contributed by atoms with Crippen molar-refractivity contribution in [2.45, 2.75) is 12.8 Å². The molecule has 0 aromatic heterocycles. The fourth-order valence-corrected chi connectivity index (χ4v) is 2.77. The van der Waals surface area contributed by atoms with Crippen molar-refractivity contribution in [1.82, 2.24) is 4.90 Å². The second-order valence-corrected chi connectivity index (χ2v) is 5.27. The lowest BCUT2D eigenvalue weighted by molar-refractivity contribution is -0.127. The van der Waals surface area contributed by atoms with Gasteiger partial charge in [-0.05, 0) is 24.0 Å². The van der Waals surface area contributed by atoms with Crippen LogP contribution in [0.5, 0.6) is 5.75 Å². The van der Waals surface area contributed by atoms with Crippen LogP contribution in [0.2, 0.25) is 0 Å². The van der Waals surface area contributed by atoms with Crippen molar-refractivity contribution in [3.8, 4) is 5.75 Å². The molecule has 0 radical (unpaired) electrons. The summed E-state index contributed by atoms with van der Waals surface area (Å²) >= 11 is 3.45. The van der Waals surface area contributed by atoms with E-state index in [2.05, 4.69) is 22.0 Å². The second-order valence-electron chi connectivity index (χ2n) is 4.63. The first-order valence-electron chi connectivity index (χ1n) is 6.20. The van der Waals surface area contributed by atoms with Crippen molar-refractivity contribution in [1.29, 1.82) is 0 Å². The third kappa shape index (κ3) is 3.05. The molecule has 0 spiro atoms. The molecule has 1 heterocycles. The molecule has 1 aliphatic rings. The second kappa shape index (κ2) is 6.23. The maximum atomic E-state index is 11.8. The molecule has 3 nitrogen and oxygen atoms in total. The highest BCUT2D eigenvalue weighted by Crippen LogP contribution is 2.22. The zero-order chi connectivity index (χ0) is 13.0. The van der Waals surface area contributed by atoms with Gasteiger partial charge in [0, 0.05) is 24.8 Å². The Morgan fingerprint density at radius 1 is 1.44 bits per heavy atom. The molecule has 4 heteroatoms. The molecule has 1 amide bonds. The molecule has 1 saturated heterocycles. The zero-order valence-corrected chi connectivity index (χ0v) is 12.1. The van der Waals surface area contributed by atoms with Gasteiger partial charge >= 0.3 is 0 Å². The summed E-state index contributed by atoms with van der Waals surface area (Å²) in [6, 6.07) is 7.99. The molecule has 0 N–H and O–H groups in total. The number of benzene rings is 1. The number of amides is 1. The first kappa shape index (κ1) is 13.4. The largest absolute Gasteiger partial charge is 0.496 e. The number of halogens is 1. The van der Waals surface area contributed by atoms with Crippen LogP contribution < -0.4 is 4.74 Å². The quantitative estimate of drug-likeness (QED) is 0.782. The van der Waals surface area contributed by atoms with Crippen molar-refractivity contribution in [2.75, 3.05) is 25.5 Å². The highest BCUT2D eigenvalue weighted by Gasteiger charge is 2.28. The van der Waals surface area contributed by atoms with Crippen LogP contribution in [0, 0.1) is 5.92 Å². The van der Waals surface area contributed by atoms with Gasteiger partial charge in [0.15, 0.2) is 0 Å². The van der Waals surface area contributed by atoms with Crippen LogP contribution >= 0.6 is 15.9 Å². The van der Waals surface area contributed by atoms with Gasteiger partial charge in [-0.1, -0.05) is 34.1 Å². The fraction of sp³-hybridized carbons (Fsp3) is 0.500. The Morgan fingerprint density at radius 2 is 2.22 bits per heavy atom. The Hall–Kier alpha value is -1.03. The minimum Gasteiger partial charge on any atom is -0.496 e. The Labute approximate surface area is 116 Å². The maximum Gasteiger partial charge on any atom is 0.222 e. The van der Waals surface area contributed by atoms with E-state index in [9.17, 15) is 4.79 Å². The van der Waals surface area contributed by atoms with E-state index in [0.29, 0.717) is 12.3 Å². The molecule has 0 saturated carbocycles. The van der Waals surface area contributed by atoms with E-state index >= 15 is 0 Å². The molecular weight excluding hydrogens is 294 g/mol. The van der Waals surface area contributed by atoms with E-state index in [-0.39, 0.29) is 5.91 Å². The number of carbonyl (C=O) groups is 1. The number of hydrogen-bond donors (Lipinski definition) is 0. The molecule has 98 valence electrons. The minimum atomic E-state index is 0.273. The molecular formula is C14H18BrNO2. The monoisotopic (exact) mass is 311 g/mol. The van der Waals surface area contributed by atoms with Crippen LogP contribution in [-0.4, -0.2) is 36.3 Å². The molecule has 1 atom stereocenters. The van der Waals surface area contributed by atoms with Gasteiger partial charge in [0.2, 0.25) is 5.91 Å². The number of hydrogen-bond acceptors (Lipinski definition) is 2. The van der Waals surface area contributed by atoms with Crippen LogP contribution in [0.1, 0.15) is 12.0 Å². The number of para-hydroxylation sites is 1. The van der Waals surface area contributed by atoms with Crippen molar-refractivity contribution in [3.63, 3.8) is 0 Å². The summed E-state index contributed by atoms with van der Waals surface area (Å²) in [7, 11) is 1.68. The third-order valence-corrected chi connectivity index (χ3v) is 4.27. The van der Waals surface area contributed by atoms with Gasteiger partial charge in [-0.25, -0.2) is 0 Å². The summed E-state index contributed by atoms with van der Waals surface area (Å²) in [5.74, 6) is 1.64. The van der Waals surface area contributed by atoms with E-state index in [1.807, 2.05) is 23.1 Å². The van der Waals surface area contributed by atoms with Crippen molar-refractivity contribution >= 4 is 21.8 Å². The number of methoxy groups -OCH3 is 1. The molecule has 0 bridgehead atoms. The highest BCUT2D eigenvalue weighted by atomic mass is 79.9. The topological polar surface area (TPSA) is 29.5 Å². The average Bonchev–Trinajstić information content (AvgIpc) is 2.77. The van der Waals surface area contributed by atoms with Gasteiger partial charge in [0.1, 0.15) is 5.75 Å². The minimum absolute atomic E-state index is 0.273. The zero-order valence-electron chi connectivity index (χ0n) is 10.6. The smallest absolute Gasteiger partial charge is 0.222 e. The Morgan fingerprint density at radius 3 is 2.89 bits per heavy atom. The van der Waals surface area contributed by atoms with Crippen molar-refractivity contribution in [2.24, 2.45) is 5.92 Å². The van der Waals surface area contributed by atoms with Crippen LogP contribution in [-0.2, 0) is 11.2 Å². The van der Waals surface area contributed by atoms with Gasteiger partial charge in [-0.3, -0.25) is 4.79 Å². The molecule has 1 aliphatic heterocycles. The molecule has 2 rings (SSSR count). The summed E-state index contributed by atoms with van der Waals surface area (Å²) in [5, 5.41) is 0.907. The average molecular weight is 312 g/mol. The first-order valence-corrected chi connectivity index (χ1v) is 7.32. The predicted molar refractivity (Wildman–Crippen MR) is 75.2 cm³/mol. The number of carbonyl (C=O) groups excluding carboxylic acids is 1. The van der Waals surface area contributed by atoms with Crippen LogP contribution in [0.25, 0.3) is 0 Å². The summed E-state index contributed by atoms with van der Waals surface area (Å²) in [6.45, 7) is 1.65. The van der Waals surface area contributed by atoms with Crippen molar-refractivity contribution < 1.29 is 9.53 Å². The lowest BCUT2D eigenvalue weighted by Gasteiger charge is -2.17. The predicted octanol–water partition coefficient (Wildman–Crippen LogP) is 2.48. The van der Waals surface area contributed by atoms with Gasteiger partial charge in [-0.2, -0.15) is 0 Å². The molecule has 1 fully saturated rings. The number of likely N-dealkylation sites (tertiary alicyclic amines) is 1. The van der Waals surface area contributed by atoms with Crippen LogP contribution in [0.3, 0.4) is 0 Å². The number of rotatable bonds is 5. The maximum absolute atomic E-state index is 11.8. The SMILES string of the molecule is COc1ccccc1CCN1CC(CBr)CC1=O. The summed E-state index contributed by atoms with van der Waals surface area (Å²) in [6.07, 6.45) is 1.53. The lowest BCUT2D eigenvalue weighted by atomic mass is 10.1. The van der Waals surface area contributed by atoms with Gasteiger partial charge in [0.05, 0.1) is 7.11 Å². The molecule has 1 aromatic rings. The van der Waals surface area contributed by atoms with E-state index in [0.717, 1.165) is 36.2 Å². The van der Waals surface area contributed by atoms with E-state index in [1.165, 1.54) is 0 Å². The Bertz CT molecular complexity index is 422. The standard InChI is InChI=1S/C14H18BrNO2/c1-18-13-5-3-2-4-12(13)6-7-16-10-11(9-15)8-14(16)17/h2-5,11H,6-10H2,1H3. The highest BCUT2D eigenvalue weighted by molar-refractivity contribution is 9.09. The number of nitrogens with zero attached hydrogens (tertiary/aromatic N) is 1. The van der Waals surface area contributed by atoms with Crippen LogP contribution in [0.4, 0.5) is 0 Å². The molecule has 1 aromatic carbocycles. The van der Waals surface area contributed by atoms with Gasteiger partial charge in [0.25, 0.3) is 0 Å². The third-order valence-electron chi connectivity index (χ3n) is 3.36. The molecule has 18 heavy (non-hydrogen) atoms. The van der Waals surface area contributed by atoms with Crippen LogP contribution in [0.15, 0.2) is 24.3 Å². The summed E-state index contributed by atoms with van der Waals surface area (Å²) in [4.78, 5) is 13.7. The molecule has 1 unspecified atom stereocenters. The summed E-state index contributed by atoms with van der Waals surface area (Å²) < 4.78 is 5.32. The van der Waals surface area contributed by atoms with E-state index in [1.54, 1.807) is 7.11 Å². The fourth-order valence-electron chi connectivity index (χ4n) is 2.34. The molecule has 0 aliphatic carbocycles.